The number of H-pyrrole nitrogens is 1. The molecule has 19 heavy (non-hydrogen) atoms. The molecular weight excluding hydrogens is 248 g/mol. The number of aromatic amines is 1. The summed E-state index contributed by atoms with van der Waals surface area (Å²) >= 11 is 0. The van der Waals surface area contributed by atoms with Crippen molar-refractivity contribution in [3.63, 3.8) is 0 Å². The molecule has 0 radical (unpaired) electrons. The molecule has 0 bridgehead atoms. The van der Waals surface area contributed by atoms with Gasteiger partial charge >= 0.3 is 5.69 Å². The van der Waals surface area contributed by atoms with Gasteiger partial charge in [-0.3, -0.25) is 14.3 Å². The van der Waals surface area contributed by atoms with Gasteiger partial charge in [-0.05, 0) is 19.8 Å². The highest BCUT2D eigenvalue weighted by Gasteiger charge is 2.24. The second-order valence-corrected chi connectivity index (χ2v) is 4.87. The first-order chi connectivity index (χ1) is 8.88. The first kappa shape index (κ1) is 15.3. The Balaban J connectivity index is 3.32. The monoisotopic (exact) mass is 270 g/mol. The molecule has 0 aliphatic carbocycles. The van der Waals surface area contributed by atoms with Gasteiger partial charge in [-0.25, -0.2) is 4.79 Å². The van der Waals surface area contributed by atoms with E-state index in [4.69, 9.17) is 5.73 Å². The van der Waals surface area contributed by atoms with Gasteiger partial charge in [0.25, 0.3) is 5.56 Å². The Kier molecular flexibility index (Phi) is 4.77. The van der Waals surface area contributed by atoms with Crippen LogP contribution < -0.4 is 22.3 Å². The van der Waals surface area contributed by atoms with Gasteiger partial charge in [0.15, 0.2) is 0 Å². The van der Waals surface area contributed by atoms with E-state index in [1.165, 1.54) is 4.57 Å². The second kappa shape index (κ2) is 5.92. The minimum atomic E-state index is -0.657. The predicted molar refractivity (Wildman–Crippen MR) is 75.4 cm³/mol. The fourth-order valence-corrected chi connectivity index (χ4v) is 1.70. The summed E-state index contributed by atoms with van der Waals surface area (Å²) in [6, 6.07) is 0. The summed E-state index contributed by atoms with van der Waals surface area (Å²) in [5, 5.41) is 12.3. The van der Waals surface area contributed by atoms with E-state index >= 15 is 0 Å². The van der Waals surface area contributed by atoms with Crippen LogP contribution in [0.5, 0.6) is 0 Å². The Labute approximate surface area is 111 Å². The summed E-state index contributed by atoms with van der Waals surface area (Å²) in [6.07, 6.45) is 1.33. The Hall–Kier alpha value is -1.76. The molecule has 0 saturated heterocycles. The Bertz CT molecular complexity index is 543. The van der Waals surface area contributed by atoms with Crippen LogP contribution in [0.1, 0.15) is 33.6 Å². The van der Waals surface area contributed by atoms with Crippen molar-refractivity contribution in [3.8, 4) is 0 Å². The number of hydrogen-bond donors (Lipinski definition) is 4. The largest absolute Gasteiger partial charge is 0.394 e. The number of aromatic nitrogens is 2. The zero-order chi connectivity index (χ0) is 14.6. The predicted octanol–water partition coefficient (Wildman–Crippen LogP) is 0.102. The number of aliphatic hydroxyl groups is 1. The van der Waals surface area contributed by atoms with E-state index < -0.39 is 16.8 Å². The number of aliphatic hydroxyl groups excluding tert-OH is 1. The van der Waals surface area contributed by atoms with Gasteiger partial charge in [-0.2, -0.15) is 0 Å². The van der Waals surface area contributed by atoms with E-state index in [9.17, 15) is 14.7 Å². The van der Waals surface area contributed by atoms with Crippen molar-refractivity contribution in [3.05, 3.63) is 20.8 Å². The third kappa shape index (κ3) is 3.17. The number of nitrogens with two attached hydrogens (primary N) is 1. The molecule has 0 amide bonds. The first-order valence-electron chi connectivity index (χ1n) is 6.40. The van der Waals surface area contributed by atoms with Crippen molar-refractivity contribution in [2.24, 2.45) is 0 Å². The molecule has 0 aliphatic rings. The van der Waals surface area contributed by atoms with Gasteiger partial charge in [-0.15, -0.1) is 0 Å². The van der Waals surface area contributed by atoms with Crippen molar-refractivity contribution in [2.75, 3.05) is 17.7 Å². The highest BCUT2D eigenvalue weighted by Crippen LogP contribution is 2.19. The summed E-state index contributed by atoms with van der Waals surface area (Å²) in [5.74, 6) is 0.101. The molecular formula is C12H22N4O3. The van der Waals surface area contributed by atoms with E-state index in [-0.39, 0.29) is 18.1 Å². The van der Waals surface area contributed by atoms with Crippen LogP contribution in [-0.4, -0.2) is 26.8 Å². The Morgan fingerprint density at radius 2 is 2.05 bits per heavy atom. The number of anilines is 2. The molecule has 1 aromatic rings. The molecule has 7 nitrogen and oxygen atoms in total. The second-order valence-electron chi connectivity index (χ2n) is 4.87. The van der Waals surface area contributed by atoms with Crippen LogP contribution in [0, 0.1) is 0 Å². The van der Waals surface area contributed by atoms with Crippen LogP contribution in [0.2, 0.25) is 0 Å². The van der Waals surface area contributed by atoms with Gasteiger partial charge in [-0.1, -0.05) is 13.8 Å². The number of nitrogen functional groups attached to an aromatic ring is 1. The number of hydrogen-bond acceptors (Lipinski definition) is 5. The number of nitrogens with zero attached hydrogens (tertiary/aromatic N) is 1. The highest BCUT2D eigenvalue weighted by atomic mass is 16.3. The molecule has 0 spiro atoms. The maximum atomic E-state index is 11.8. The molecule has 0 saturated carbocycles. The lowest BCUT2D eigenvalue weighted by molar-refractivity contribution is 0.219. The highest BCUT2D eigenvalue weighted by molar-refractivity contribution is 5.61. The van der Waals surface area contributed by atoms with Gasteiger partial charge in [0.05, 0.1) is 12.1 Å². The normalized spacial score (nSPS) is 14.1. The summed E-state index contributed by atoms with van der Waals surface area (Å²) in [4.78, 5) is 25.7. The van der Waals surface area contributed by atoms with E-state index in [0.29, 0.717) is 13.0 Å². The van der Waals surface area contributed by atoms with E-state index in [1.807, 2.05) is 13.8 Å². The van der Waals surface area contributed by atoms with Crippen molar-refractivity contribution in [1.82, 2.24) is 9.55 Å². The molecule has 108 valence electrons. The average Bonchev–Trinajstić information content (AvgIpc) is 2.39. The zero-order valence-electron chi connectivity index (χ0n) is 11.6. The first-order valence-corrected chi connectivity index (χ1v) is 6.40. The number of rotatable bonds is 6. The number of nitrogens with one attached hydrogen (secondary N) is 2. The maximum absolute atomic E-state index is 11.8. The molecule has 1 heterocycles. The summed E-state index contributed by atoms with van der Waals surface area (Å²) < 4.78 is 1.32. The smallest absolute Gasteiger partial charge is 0.330 e. The fourth-order valence-electron chi connectivity index (χ4n) is 1.70. The Morgan fingerprint density at radius 3 is 2.53 bits per heavy atom. The molecule has 0 aromatic carbocycles. The molecule has 1 rings (SSSR count). The molecule has 1 atom stereocenters. The molecule has 1 unspecified atom stereocenters. The SMILES string of the molecule is CCCn1c(N)c(NC(C)(CC)CO)c(=O)[nH]c1=O. The lowest BCUT2D eigenvalue weighted by Gasteiger charge is -2.29. The van der Waals surface area contributed by atoms with Crippen LogP contribution in [0.4, 0.5) is 11.5 Å². The van der Waals surface area contributed by atoms with Gasteiger partial charge < -0.3 is 16.2 Å². The van der Waals surface area contributed by atoms with Gasteiger partial charge in [0.2, 0.25) is 0 Å². The standard InChI is InChI=1S/C12H22N4O3/c1-4-6-16-9(13)8(10(18)14-11(16)19)15-12(3,5-2)7-17/h15,17H,4-7,13H2,1-3H3,(H,14,18,19). The van der Waals surface area contributed by atoms with Crippen LogP contribution in [0.3, 0.4) is 0 Å². The van der Waals surface area contributed by atoms with Crippen LogP contribution in [-0.2, 0) is 6.54 Å². The van der Waals surface area contributed by atoms with Crippen molar-refractivity contribution in [2.45, 2.75) is 45.7 Å². The van der Waals surface area contributed by atoms with E-state index in [1.54, 1.807) is 6.92 Å². The van der Waals surface area contributed by atoms with Crippen molar-refractivity contribution < 1.29 is 5.11 Å². The van der Waals surface area contributed by atoms with Crippen molar-refractivity contribution in [1.29, 1.82) is 0 Å². The molecule has 5 N–H and O–H groups in total. The minimum absolute atomic E-state index is 0.101. The third-order valence-corrected chi connectivity index (χ3v) is 3.24. The minimum Gasteiger partial charge on any atom is -0.394 e. The van der Waals surface area contributed by atoms with Crippen LogP contribution in [0.25, 0.3) is 0 Å². The third-order valence-electron chi connectivity index (χ3n) is 3.24. The lowest BCUT2D eigenvalue weighted by atomic mass is 10.00. The van der Waals surface area contributed by atoms with E-state index in [2.05, 4.69) is 10.3 Å². The lowest BCUT2D eigenvalue weighted by Crippen LogP contribution is -2.42. The molecule has 0 fully saturated rings. The molecule has 0 aliphatic heterocycles. The van der Waals surface area contributed by atoms with Crippen LogP contribution >= 0.6 is 0 Å². The van der Waals surface area contributed by atoms with Gasteiger partial charge in [0.1, 0.15) is 11.5 Å². The average molecular weight is 270 g/mol. The zero-order valence-corrected chi connectivity index (χ0v) is 11.6. The fraction of sp³-hybridized carbons (Fsp3) is 0.667. The maximum Gasteiger partial charge on any atom is 0.330 e. The Morgan fingerprint density at radius 1 is 1.42 bits per heavy atom. The molecule has 1 aromatic heterocycles. The summed E-state index contributed by atoms with van der Waals surface area (Å²) in [6.45, 7) is 5.86. The summed E-state index contributed by atoms with van der Waals surface area (Å²) in [7, 11) is 0. The van der Waals surface area contributed by atoms with Crippen LogP contribution in [0.15, 0.2) is 9.59 Å². The summed E-state index contributed by atoms with van der Waals surface area (Å²) in [5.41, 5.74) is 4.28. The molecule has 7 heteroatoms. The van der Waals surface area contributed by atoms with Crippen molar-refractivity contribution >= 4 is 11.5 Å². The van der Waals surface area contributed by atoms with Gasteiger partial charge in [0, 0.05) is 6.54 Å². The van der Waals surface area contributed by atoms with E-state index in [0.717, 1.165) is 6.42 Å². The topological polar surface area (TPSA) is 113 Å². The quantitative estimate of drug-likeness (QED) is 0.585.